The molecule has 1 saturated carbocycles. The second-order valence-electron chi connectivity index (χ2n) is 4.61. The van der Waals surface area contributed by atoms with E-state index in [-0.39, 0.29) is 24.0 Å². The molecule has 1 aliphatic rings. The van der Waals surface area contributed by atoms with E-state index in [1.165, 1.54) is 6.20 Å². The van der Waals surface area contributed by atoms with E-state index in [0.29, 0.717) is 5.92 Å². The first-order valence-electron chi connectivity index (χ1n) is 5.85. The number of nitrogens with zero attached hydrogens (tertiary/aromatic N) is 2. The number of hydrogen-bond donors (Lipinski definition) is 2. The van der Waals surface area contributed by atoms with Gasteiger partial charge < -0.3 is 10.8 Å². The quantitative estimate of drug-likeness (QED) is 0.857. The van der Waals surface area contributed by atoms with Crippen LogP contribution in [0.2, 0.25) is 0 Å². The van der Waals surface area contributed by atoms with Crippen LogP contribution in [-0.4, -0.2) is 21.5 Å². The van der Waals surface area contributed by atoms with Crippen molar-refractivity contribution >= 4 is 5.69 Å². The van der Waals surface area contributed by atoms with Gasteiger partial charge in [-0.3, -0.25) is 4.68 Å². The number of halogens is 2. The van der Waals surface area contributed by atoms with Crippen LogP contribution < -0.4 is 5.73 Å². The summed E-state index contributed by atoms with van der Waals surface area (Å²) >= 11 is 0. The highest BCUT2D eigenvalue weighted by Crippen LogP contribution is 2.33. The molecule has 2 rings (SSSR count). The Morgan fingerprint density at radius 2 is 2.06 bits per heavy atom. The standard InChI is InChI=1S/C11H17F2N3O/c12-11(13)10-9(14)5-16(15-10)8-3-1-7(6-17)2-4-8/h5,7-8,11,17H,1-4,6,14H2/t7-,8+. The molecule has 0 bridgehead atoms. The zero-order valence-corrected chi connectivity index (χ0v) is 9.52. The monoisotopic (exact) mass is 245 g/mol. The maximum absolute atomic E-state index is 12.5. The number of aliphatic hydroxyl groups excluding tert-OH is 1. The van der Waals surface area contributed by atoms with E-state index >= 15 is 0 Å². The van der Waals surface area contributed by atoms with Gasteiger partial charge in [0.15, 0.2) is 5.69 Å². The van der Waals surface area contributed by atoms with Crippen LogP contribution in [0.3, 0.4) is 0 Å². The minimum absolute atomic E-state index is 0.0595. The zero-order valence-electron chi connectivity index (χ0n) is 9.52. The van der Waals surface area contributed by atoms with E-state index in [0.717, 1.165) is 25.7 Å². The largest absolute Gasteiger partial charge is 0.396 e. The van der Waals surface area contributed by atoms with E-state index in [4.69, 9.17) is 10.8 Å². The van der Waals surface area contributed by atoms with Crippen molar-refractivity contribution in [2.45, 2.75) is 38.2 Å². The van der Waals surface area contributed by atoms with Crippen LogP contribution >= 0.6 is 0 Å². The molecule has 0 saturated heterocycles. The predicted octanol–water partition coefficient (Wildman–Crippen LogP) is 2.13. The maximum atomic E-state index is 12.5. The highest BCUT2D eigenvalue weighted by molar-refractivity contribution is 5.41. The van der Waals surface area contributed by atoms with E-state index in [1.807, 2.05) is 0 Å². The first kappa shape index (κ1) is 12.3. The third kappa shape index (κ3) is 2.57. The fourth-order valence-corrected chi connectivity index (χ4v) is 2.37. The molecule has 0 aliphatic heterocycles. The van der Waals surface area contributed by atoms with Gasteiger partial charge in [0.25, 0.3) is 6.43 Å². The molecule has 0 radical (unpaired) electrons. The van der Waals surface area contributed by atoms with Crippen molar-refractivity contribution in [2.24, 2.45) is 5.92 Å². The molecule has 0 atom stereocenters. The Balaban J connectivity index is 2.06. The first-order chi connectivity index (χ1) is 8.11. The third-order valence-corrected chi connectivity index (χ3v) is 3.45. The molecule has 96 valence electrons. The summed E-state index contributed by atoms with van der Waals surface area (Å²) in [5, 5.41) is 12.9. The lowest BCUT2D eigenvalue weighted by Crippen LogP contribution is -2.20. The number of hydrogen-bond acceptors (Lipinski definition) is 3. The van der Waals surface area contributed by atoms with E-state index in [2.05, 4.69) is 5.10 Å². The van der Waals surface area contributed by atoms with E-state index in [1.54, 1.807) is 4.68 Å². The average Bonchev–Trinajstić information content (AvgIpc) is 2.71. The van der Waals surface area contributed by atoms with Gasteiger partial charge in [-0.2, -0.15) is 5.10 Å². The molecule has 1 aromatic heterocycles. The van der Waals surface area contributed by atoms with Crippen LogP contribution in [0.15, 0.2) is 6.20 Å². The molecule has 4 nitrogen and oxygen atoms in total. The summed E-state index contributed by atoms with van der Waals surface area (Å²) in [6, 6.07) is 0.132. The highest BCUT2D eigenvalue weighted by Gasteiger charge is 2.24. The molecule has 17 heavy (non-hydrogen) atoms. The van der Waals surface area contributed by atoms with Crippen LogP contribution in [0.1, 0.15) is 43.8 Å². The van der Waals surface area contributed by atoms with Crippen molar-refractivity contribution in [1.82, 2.24) is 9.78 Å². The minimum atomic E-state index is -2.62. The number of nitrogen functional groups attached to an aromatic ring is 1. The summed E-state index contributed by atoms with van der Waals surface area (Å²) in [4.78, 5) is 0. The summed E-state index contributed by atoms with van der Waals surface area (Å²) in [6.45, 7) is 0.205. The van der Waals surface area contributed by atoms with Gasteiger partial charge in [0.2, 0.25) is 0 Å². The lowest BCUT2D eigenvalue weighted by molar-refractivity contribution is 0.142. The lowest BCUT2D eigenvalue weighted by Gasteiger charge is -2.27. The molecule has 1 aromatic rings. The van der Waals surface area contributed by atoms with Gasteiger partial charge >= 0.3 is 0 Å². The van der Waals surface area contributed by atoms with Crippen molar-refractivity contribution < 1.29 is 13.9 Å². The van der Waals surface area contributed by atoms with Crippen molar-refractivity contribution in [3.05, 3.63) is 11.9 Å². The van der Waals surface area contributed by atoms with Gasteiger partial charge in [-0.25, -0.2) is 8.78 Å². The number of rotatable bonds is 3. The number of aliphatic hydroxyl groups is 1. The molecule has 0 aromatic carbocycles. The summed E-state index contributed by atoms with van der Waals surface area (Å²) in [5.41, 5.74) is 5.23. The number of aromatic nitrogens is 2. The van der Waals surface area contributed by atoms with Gasteiger partial charge in [0.1, 0.15) is 0 Å². The van der Waals surface area contributed by atoms with Crippen LogP contribution in [0.4, 0.5) is 14.5 Å². The van der Waals surface area contributed by atoms with Crippen molar-refractivity contribution in [3.8, 4) is 0 Å². The smallest absolute Gasteiger partial charge is 0.284 e. The SMILES string of the molecule is Nc1cn([C@H]2CC[C@@H](CO)CC2)nc1C(F)F. The molecule has 3 N–H and O–H groups in total. The van der Waals surface area contributed by atoms with Gasteiger partial charge in [0, 0.05) is 12.8 Å². The summed E-state index contributed by atoms with van der Waals surface area (Å²) in [7, 11) is 0. The minimum Gasteiger partial charge on any atom is -0.396 e. The van der Waals surface area contributed by atoms with Crippen molar-refractivity contribution in [2.75, 3.05) is 12.3 Å². The van der Waals surface area contributed by atoms with E-state index in [9.17, 15) is 8.78 Å². The molecule has 0 unspecified atom stereocenters. The van der Waals surface area contributed by atoms with Gasteiger partial charge in [-0.15, -0.1) is 0 Å². The van der Waals surface area contributed by atoms with Crippen LogP contribution in [0.5, 0.6) is 0 Å². The number of nitrogens with two attached hydrogens (primary N) is 1. The maximum Gasteiger partial charge on any atom is 0.284 e. The summed E-state index contributed by atoms with van der Waals surface area (Å²) in [5.74, 6) is 0.341. The molecule has 1 heterocycles. The molecular weight excluding hydrogens is 228 g/mol. The second-order valence-corrected chi connectivity index (χ2v) is 4.61. The Morgan fingerprint density at radius 3 is 2.53 bits per heavy atom. The Kier molecular flexibility index (Phi) is 3.61. The van der Waals surface area contributed by atoms with Crippen LogP contribution in [0, 0.1) is 5.92 Å². The normalized spacial score (nSPS) is 25.4. The second kappa shape index (κ2) is 5.00. The molecule has 6 heteroatoms. The molecule has 0 amide bonds. The van der Waals surface area contributed by atoms with E-state index < -0.39 is 6.43 Å². The van der Waals surface area contributed by atoms with Crippen LogP contribution in [-0.2, 0) is 0 Å². The first-order valence-corrected chi connectivity index (χ1v) is 5.85. The fourth-order valence-electron chi connectivity index (χ4n) is 2.37. The van der Waals surface area contributed by atoms with Gasteiger partial charge in [0.05, 0.1) is 11.7 Å². The number of alkyl halides is 2. The zero-order chi connectivity index (χ0) is 12.4. The number of anilines is 1. The Hall–Kier alpha value is -1.17. The Morgan fingerprint density at radius 1 is 1.41 bits per heavy atom. The fraction of sp³-hybridized carbons (Fsp3) is 0.727. The Labute approximate surface area is 98.4 Å². The van der Waals surface area contributed by atoms with Crippen LogP contribution in [0.25, 0.3) is 0 Å². The highest BCUT2D eigenvalue weighted by atomic mass is 19.3. The summed E-state index contributed by atoms with van der Waals surface area (Å²) in [6.07, 6.45) is 2.40. The molecule has 1 fully saturated rings. The molecular formula is C11H17F2N3O. The van der Waals surface area contributed by atoms with Crippen molar-refractivity contribution in [1.29, 1.82) is 0 Å². The molecule has 1 aliphatic carbocycles. The lowest BCUT2D eigenvalue weighted by atomic mass is 9.87. The van der Waals surface area contributed by atoms with Crippen molar-refractivity contribution in [3.63, 3.8) is 0 Å². The average molecular weight is 245 g/mol. The van der Waals surface area contributed by atoms with Gasteiger partial charge in [-0.05, 0) is 31.6 Å². The Bertz CT molecular complexity index is 373. The topological polar surface area (TPSA) is 64.1 Å². The third-order valence-electron chi connectivity index (χ3n) is 3.45. The summed E-state index contributed by atoms with van der Waals surface area (Å²) < 4.78 is 26.6. The van der Waals surface area contributed by atoms with Gasteiger partial charge in [-0.1, -0.05) is 0 Å². The predicted molar refractivity (Wildman–Crippen MR) is 59.7 cm³/mol. The molecule has 0 spiro atoms.